The molecule has 0 amide bonds. The average Bonchev–Trinajstić information content (AvgIpc) is 2.15. The first-order chi connectivity index (χ1) is 7.64. The third kappa shape index (κ3) is 2.84. The summed E-state index contributed by atoms with van der Waals surface area (Å²) in [5.41, 5.74) is 0. The first kappa shape index (κ1) is 4.64. The van der Waals surface area contributed by atoms with Crippen LogP contribution in [0.15, 0.2) is 0 Å². The van der Waals surface area contributed by atoms with E-state index in [1.807, 2.05) is 0 Å². The van der Waals surface area contributed by atoms with E-state index in [4.69, 9.17) is 23.5 Å². The fourth-order valence-corrected chi connectivity index (χ4v) is 0.343. The lowest BCUT2D eigenvalue weighted by Crippen LogP contribution is -2.46. The van der Waals surface area contributed by atoms with Crippen LogP contribution in [-0.4, -0.2) is 62.7 Å². The van der Waals surface area contributed by atoms with Crippen molar-refractivity contribution in [2.45, 2.75) is 24.3 Å². The molecule has 0 aromatic heterocycles. The van der Waals surface area contributed by atoms with Gasteiger partial charge in [-0.25, -0.2) is 0 Å². The SMILES string of the molecule is [2H]C(=O)[C@]([2H])(O)[C@@]([2H])(O)[C@]([2H])(O)[C@]([2H])(O)C([2H])O. The maximum absolute atomic E-state index is 10.6. The van der Waals surface area contributed by atoms with Crippen LogP contribution in [0.25, 0.3) is 0 Å². The Morgan fingerprint density at radius 2 is 1.92 bits per heavy atom. The van der Waals surface area contributed by atoms with Crippen molar-refractivity contribution in [3.8, 4) is 0 Å². The molecular formula is C6H12O6. The third-order valence-corrected chi connectivity index (χ3v) is 0.910. The van der Waals surface area contributed by atoms with Gasteiger partial charge in [-0.05, 0) is 0 Å². The Balaban J connectivity index is 5.81. The summed E-state index contributed by atoms with van der Waals surface area (Å²) in [5, 5.41) is 45.5. The second-order valence-corrected chi connectivity index (χ2v) is 1.66. The second-order valence-electron chi connectivity index (χ2n) is 1.66. The summed E-state index contributed by atoms with van der Waals surface area (Å²) in [5.74, 6) is 0. The summed E-state index contributed by atoms with van der Waals surface area (Å²) in [6.45, 7) is -2.92. The van der Waals surface area contributed by atoms with E-state index in [1.54, 1.807) is 0 Å². The molecule has 0 aromatic carbocycles. The number of carbonyl (C=O) groups is 1. The molecule has 72 valence electrons. The van der Waals surface area contributed by atoms with Crippen LogP contribution in [0.1, 0.15) is 8.22 Å². The van der Waals surface area contributed by atoms with Gasteiger partial charge in [0.15, 0.2) is 6.26 Å². The Labute approximate surface area is 77.1 Å². The van der Waals surface area contributed by atoms with Gasteiger partial charge in [-0.15, -0.1) is 0 Å². The summed E-state index contributed by atoms with van der Waals surface area (Å²) >= 11 is 0. The summed E-state index contributed by atoms with van der Waals surface area (Å²) in [6, 6.07) is 0. The zero-order chi connectivity index (χ0) is 15.2. The van der Waals surface area contributed by atoms with E-state index in [2.05, 4.69) is 0 Å². The predicted octanol–water partition coefficient (Wildman–Crippen LogP) is -3.38. The lowest BCUT2D eigenvalue weighted by Gasteiger charge is -2.22. The number of hydrogen-bond acceptors (Lipinski definition) is 6. The van der Waals surface area contributed by atoms with Gasteiger partial charge >= 0.3 is 0 Å². The van der Waals surface area contributed by atoms with Crippen LogP contribution >= 0.6 is 0 Å². The fraction of sp³-hybridized carbons (Fsp3) is 0.833. The lowest BCUT2D eigenvalue weighted by atomic mass is 10.0. The minimum Gasteiger partial charge on any atom is -0.394 e. The Morgan fingerprint density at radius 1 is 1.42 bits per heavy atom. The molecule has 0 rings (SSSR count). The van der Waals surface area contributed by atoms with Gasteiger partial charge in [-0.3, -0.25) is 0 Å². The lowest BCUT2D eigenvalue weighted by molar-refractivity contribution is -0.136. The van der Waals surface area contributed by atoms with Gasteiger partial charge in [-0.1, -0.05) is 0 Å². The maximum Gasteiger partial charge on any atom is 0.151 e. The minimum atomic E-state index is -4.28. The van der Waals surface area contributed by atoms with Crippen molar-refractivity contribution in [1.82, 2.24) is 0 Å². The molecule has 0 radical (unpaired) electrons. The molecular weight excluding hydrogens is 168 g/mol. The molecule has 0 aromatic rings. The van der Waals surface area contributed by atoms with Gasteiger partial charge in [-0.2, -0.15) is 0 Å². The van der Waals surface area contributed by atoms with Crippen molar-refractivity contribution in [2.24, 2.45) is 0 Å². The first-order valence-corrected chi connectivity index (χ1v) is 2.65. The van der Waals surface area contributed by atoms with E-state index in [0.29, 0.717) is 0 Å². The molecule has 0 aliphatic heterocycles. The molecule has 0 heterocycles. The maximum atomic E-state index is 10.6. The van der Waals surface area contributed by atoms with Crippen molar-refractivity contribution < 1.29 is 38.6 Å². The molecule has 1 unspecified atom stereocenters. The first-order valence-electron chi connectivity index (χ1n) is 5.72. The molecule has 6 nitrogen and oxygen atoms in total. The van der Waals surface area contributed by atoms with Crippen LogP contribution < -0.4 is 0 Å². The Kier molecular flexibility index (Phi) is 2.00. The molecule has 0 bridgehead atoms. The smallest absolute Gasteiger partial charge is 0.151 e. The largest absolute Gasteiger partial charge is 0.394 e. The van der Waals surface area contributed by atoms with Crippen LogP contribution in [0.3, 0.4) is 0 Å². The van der Waals surface area contributed by atoms with Gasteiger partial charge in [0.2, 0.25) is 0 Å². The van der Waals surface area contributed by atoms with E-state index in [9.17, 15) is 15.0 Å². The predicted molar refractivity (Wildman–Crippen MR) is 37.2 cm³/mol. The Bertz CT molecular complexity index is 339. The normalized spacial score (nSPS) is 41.4. The molecule has 6 heteroatoms. The number of hydrogen-bond donors (Lipinski definition) is 5. The highest BCUT2D eigenvalue weighted by molar-refractivity contribution is 5.56. The minimum absolute atomic E-state index is 2.30. The highest BCUT2D eigenvalue weighted by Crippen LogP contribution is 2.02. The van der Waals surface area contributed by atoms with Crippen molar-refractivity contribution in [2.75, 3.05) is 6.58 Å². The summed E-state index contributed by atoms with van der Waals surface area (Å²) in [7, 11) is 0. The van der Waals surface area contributed by atoms with Crippen LogP contribution in [0, 0.1) is 0 Å². The monoisotopic (exact) mass is 186 g/mol. The van der Waals surface area contributed by atoms with Gasteiger partial charge in [0.25, 0.3) is 0 Å². The van der Waals surface area contributed by atoms with Crippen molar-refractivity contribution in [3.05, 3.63) is 0 Å². The number of aldehydes is 1. The van der Waals surface area contributed by atoms with Gasteiger partial charge < -0.3 is 30.3 Å². The molecule has 0 spiro atoms. The number of aliphatic hydroxyl groups is 5. The summed E-state index contributed by atoms with van der Waals surface area (Å²) in [4.78, 5) is 10.6. The highest BCUT2D eigenvalue weighted by Gasteiger charge is 2.29. The third-order valence-electron chi connectivity index (χ3n) is 0.910. The van der Waals surface area contributed by atoms with Gasteiger partial charge in [0.1, 0.15) is 25.7 Å². The highest BCUT2D eigenvalue weighted by atomic mass is 16.4. The molecule has 0 aliphatic carbocycles. The second kappa shape index (κ2) is 5.18. The Hall–Kier alpha value is -0.530. The molecule has 0 saturated heterocycles. The summed E-state index contributed by atoms with van der Waals surface area (Å²) in [6.07, 6.45) is -18.9. The van der Waals surface area contributed by atoms with Crippen LogP contribution in [0.5, 0.6) is 0 Å². The van der Waals surface area contributed by atoms with Gasteiger partial charge in [0.05, 0.1) is 13.4 Å². The van der Waals surface area contributed by atoms with E-state index >= 15 is 0 Å². The quantitative estimate of drug-likeness (QED) is 0.286. The number of carbonyl (C=O) groups excluding carboxylic acids is 1. The van der Waals surface area contributed by atoms with E-state index in [-0.39, 0.29) is 0 Å². The zero-order valence-electron chi connectivity index (χ0n) is 11.7. The number of rotatable bonds is 5. The molecule has 12 heavy (non-hydrogen) atoms. The topological polar surface area (TPSA) is 118 Å². The van der Waals surface area contributed by atoms with E-state index in [1.165, 1.54) is 0 Å². The van der Waals surface area contributed by atoms with Crippen molar-refractivity contribution in [3.63, 3.8) is 0 Å². The molecule has 5 atom stereocenters. The fourth-order valence-electron chi connectivity index (χ4n) is 0.343. The van der Waals surface area contributed by atoms with Gasteiger partial charge in [0, 0.05) is 0 Å². The zero-order valence-corrected chi connectivity index (χ0v) is 5.72. The van der Waals surface area contributed by atoms with Crippen LogP contribution in [-0.2, 0) is 4.79 Å². The van der Waals surface area contributed by atoms with Crippen molar-refractivity contribution >= 4 is 6.26 Å². The molecule has 0 aliphatic rings. The van der Waals surface area contributed by atoms with Crippen LogP contribution in [0.2, 0.25) is 0 Å². The standard InChI is InChI=1S/C6H12O6/c7-1-3(9)5(11)6(12)4(10)2-8/h1,3-6,8-12H,2H2/t3-,4+,5+,6+/m0/s1/i1D,2D,3D,4D,5D,6D/t2?,3-,4+,5+,6+. The summed E-state index contributed by atoms with van der Waals surface area (Å²) < 4.78 is 40.7. The van der Waals surface area contributed by atoms with Crippen LogP contribution in [0.4, 0.5) is 0 Å². The molecule has 5 N–H and O–H groups in total. The Morgan fingerprint density at radius 3 is 2.25 bits per heavy atom. The van der Waals surface area contributed by atoms with E-state index in [0.717, 1.165) is 0 Å². The molecule has 0 fully saturated rings. The average molecular weight is 186 g/mol. The van der Waals surface area contributed by atoms with E-state index < -0.39 is 37.2 Å². The number of aliphatic hydroxyl groups excluding tert-OH is 1. The van der Waals surface area contributed by atoms with Crippen molar-refractivity contribution in [1.29, 1.82) is 0 Å². The molecule has 0 saturated carbocycles.